The Hall–Kier alpha value is -2.17. The van der Waals surface area contributed by atoms with E-state index in [1.165, 1.54) is 7.11 Å². The van der Waals surface area contributed by atoms with Crippen molar-refractivity contribution in [3.05, 3.63) is 36.3 Å². The predicted molar refractivity (Wildman–Crippen MR) is 53.2 cm³/mol. The van der Waals surface area contributed by atoms with Crippen molar-refractivity contribution in [1.29, 1.82) is 0 Å². The third kappa shape index (κ3) is 1.85. The Morgan fingerprint density at radius 3 is 3.00 bits per heavy atom. The fraction of sp³-hybridized carbons (Fsp3) is 0.100. The molecule has 0 saturated heterocycles. The Labute approximate surface area is 86.1 Å². The molecule has 2 rings (SSSR count). The van der Waals surface area contributed by atoms with Crippen molar-refractivity contribution in [2.24, 2.45) is 0 Å². The van der Waals surface area contributed by atoms with Crippen LogP contribution in [0, 0.1) is 0 Å². The smallest absolute Gasteiger partial charge is 0.356 e. The van der Waals surface area contributed by atoms with E-state index in [4.69, 9.17) is 0 Å². The maximum absolute atomic E-state index is 11.2. The molecule has 15 heavy (non-hydrogen) atoms. The molecular weight excluding hydrogens is 194 g/mol. The second-order valence-corrected chi connectivity index (χ2v) is 2.89. The van der Waals surface area contributed by atoms with Crippen molar-refractivity contribution in [3.8, 4) is 11.3 Å². The van der Waals surface area contributed by atoms with E-state index in [-0.39, 0.29) is 5.69 Å². The number of aromatic amines is 1. The van der Waals surface area contributed by atoms with E-state index in [2.05, 4.69) is 19.9 Å². The summed E-state index contributed by atoms with van der Waals surface area (Å²) in [5.74, 6) is -0.444. The molecule has 2 aromatic rings. The minimum absolute atomic E-state index is 0.288. The van der Waals surface area contributed by atoms with Crippen LogP contribution in [0.3, 0.4) is 0 Å². The van der Waals surface area contributed by atoms with Crippen molar-refractivity contribution >= 4 is 5.97 Å². The number of carbonyl (C=O) groups is 1. The highest BCUT2D eigenvalue weighted by atomic mass is 16.5. The molecule has 76 valence electrons. The first-order chi connectivity index (χ1) is 7.31. The lowest BCUT2D eigenvalue weighted by atomic mass is 10.2. The van der Waals surface area contributed by atoms with Crippen LogP contribution < -0.4 is 0 Å². The van der Waals surface area contributed by atoms with Crippen molar-refractivity contribution in [3.63, 3.8) is 0 Å². The third-order valence-electron chi connectivity index (χ3n) is 1.94. The number of rotatable bonds is 2. The Balaban J connectivity index is 2.39. The van der Waals surface area contributed by atoms with Crippen LogP contribution in [0.15, 0.2) is 30.6 Å². The lowest BCUT2D eigenvalue weighted by Crippen LogP contribution is -2.04. The van der Waals surface area contributed by atoms with Crippen molar-refractivity contribution in [1.82, 2.24) is 15.2 Å². The minimum atomic E-state index is -0.444. The molecule has 0 atom stereocenters. The molecule has 0 radical (unpaired) electrons. The van der Waals surface area contributed by atoms with Crippen LogP contribution in [0.2, 0.25) is 0 Å². The van der Waals surface area contributed by atoms with Gasteiger partial charge in [-0.25, -0.2) is 9.78 Å². The molecular formula is C10H9N3O2. The fourth-order valence-electron chi connectivity index (χ4n) is 1.20. The second-order valence-electron chi connectivity index (χ2n) is 2.89. The maximum Gasteiger partial charge on any atom is 0.356 e. The predicted octanol–water partition coefficient (Wildman–Crippen LogP) is 1.26. The van der Waals surface area contributed by atoms with Gasteiger partial charge in [-0.3, -0.25) is 5.10 Å². The van der Waals surface area contributed by atoms with Crippen LogP contribution in [0.4, 0.5) is 0 Å². The number of methoxy groups -OCH3 is 1. The summed E-state index contributed by atoms with van der Waals surface area (Å²) in [4.78, 5) is 15.4. The zero-order valence-corrected chi connectivity index (χ0v) is 8.10. The van der Waals surface area contributed by atoms with Gasteiger partial charge in [0, 0.05) is 11.8 Å². The summed E-state index contributed by atoms with van der Waals surface area (Å²) in [6.07, 6.45) is 3.35. The highest BCUT2D eigenvalue weighted by Gasteiger charge is 2.08. The van der Waals surface area contributed by atoms with Crippen LogP contribution in [0.25, 0.3) is 11.3 Å². The molecule has 0 aliphatic rings. The van der Waals surface area contributed by atoms with E-state index in [1.807, 2.05) is 0 Å². The number of H-pyrrole nitrogens is 1. The molecule has 2 heterocycles. The van der Waals surface area contributed by atoms with Crippen LogP contribution in [0.5, 0.6) is 0 Å². The summed E-state index contributed by atoms with van der Waals surface area (Å²) in [6.45, 7) is 0. The summed E-state index contributed by atoms with van der Waals surface area (Å²) in [5, 5.41) is 6.50. The molecule has 0 saturated carbocycles. The van der Waals surface area contributed by atoms with Gasteiger partial charge in [-0.05, 0) is 12.1 Å². The number of ether oxygens (including phenoxy) is 1. The van der Waals surface area contributed by atoms with Gasteiger partial charge < -0.3 is 4.74 Å². The summed E-state index contributed by atoms with van der Waals surface area (Å²) < 4.78 is 4.58. The second kappa shape index (κ2) is 3.91. The molecule has 0 bridgehead atoms. The number of esters is 1. The number of pyridine rings is 1. The van der Waals surface area contributed by atoms with E-state index in [0.717, 1.165) is 5.56 Å². The normalized spacial score (nSPS) is 9.93. The molecule has 5 heteroatoms. The lowest BCUT2D eigenvalue weighted by Gasteiger charge is -2.00. The zero-order valence-electron chi connectivity index (χ0n) is 8.10. The van der Waals surface area contributed by atoms with Crippen LogP contribution >= 0.6 is 0 Å². The summed E-state index contributed by atoms with van der Waals surface area (Å²) >= 11 is 0. The average Bonchev–Trinajstić information content (AvgIpc) is 2.82. The first-order valence-corrected chi connectivity index (χ1v) is 4.36. The maximum atomic E-state index is 11.2. The van der Waals surface area contributed by atoms with E-state index in [9.17, 15) is 4.79 Å². The Bertz CT molecular complexity index is 465. The van der Waals surface area contributed by atoms with Gasteiger partial charge in [-0.15, -0.1) is 0 Å². The molecule has 0 aliphatic carbocycles. The standard InChI is InChI=1S/C10H9N3O2/c1-15-10(14)9-4-2-3-8(13-9)7-5-11-12-6-7/h2-6H,1H3,(H,11,12). The summed E-state index contributed by atoms with van der Waals surface area (Å²) in [6, 6.07) is 5.16. The number of nitrogens with one attached hydrogen (secondary N) is 1. The topological polar surface area (TPSA) is 67.9 Å². The van der Waals surface area contributed by atoms with Crippen molar-refractivity contribution in [2.45, 2.75) is 0 Å². The van der Waals surface area contributed by atoms with Crippen molar-refractivity contribution < 1.29 is 9.53 Å². The van der Waals surface area contributed by atoms with Crippen LogP contribution in [0.1, 0.15) is 10.5 Å². The molecule has 5 nitrogen and oxygen atoms in total. The summed E-state index contributed by atoms with van der Waals surface area (Å²) in [7, 11) is 1.33. The van der Waals surface area contributed by atoms with Gasteiger partial charge in [0.15, 0.2) is 0 Å². The molecule has 1 N–H and O–H groups in total. The Kier molecular flexibility index (Phi) is 2.45. The monoisotopic (exact) mass is 203 g/mol. The largest absolute Gasteiger partial charge is 0.464 e. The number of carbonyl (C=O) groups excluding carboxylic acids is 1. The van der Waals surface area contributed by atoms with Crippen LogP contribution in [-0.4, -0.2) is 28.3 Å². The quantitative estimate of drug-likeness (QED) is 0.746. The molecule has 2 aromatic heterocycles. The highest BCUT2D eigenvalue weighted by molar-refractivity contribution is 5.87. The number of aromatic nitrogens is 3. The third-order valence-corrected chi connectivity index (χ3v) is 1.94. The van der Waals surface area contributed by atoms with Gasteiger partial charge >= 0.3 is 5.97 Å². The van der Waals surface area contributed by atoms with E-state index >= 15 is 0 Å². The van der Waals surface area contributed by atoms with Gasteiger partial charge in [-0.2, -0.15) is 5.10 Å². The van der Waals surface area contributed by atoms with Gasteiger partial charge in [-0.1, -0.05) is 6.07 Å². The number of hydrogen-bond donors (Lipinski definition) is 1. The van der Waals surface area contributed by atoms with Gasteiger partial charge in [0.05, 0.1) is 19.0 Å². The molecule has 0 aromatic carbocycles. The Morgan fingerprint density at radius 1 is 1.47 bits per heavy atom. The highest BCUT2D eigenvalue weighted by Crippen LogP contribution is 2.14. The Morgan fingerprint density at radius 2 is 2.33 bits per heavy atom. The molecule has 0 unspecified atom stereocenters. The average molecular weight is 203 g/mol. The first kappa shape index (κ1) is 9.39. The van der Waals surface area contributed by atoms with Gasteiger partial charge in [0.1, 0.15) is 5.69 Å². The molecule has 0 aliphatic heterocycles. The molecule has 0 fully saturated rings. The molecule has 0 spiro atoms. The SMILES string of the molecule is COC(=O)c1cccc(-c2cn[nH]c2)n1. The van der Waals surface area contributed by atoms with Crippen LogP contribution in [-0.2, 0) is 4.74 Å². The van der Waals surface area contributed by atoms with Gasteiger partial charge in [0.25, 0.3) is 0 Å². The first-order valence-electron chi connectivity index (χ1n) is 4.36. The minimum Gasteiger partial charge on any atom is -0.464 e. The number of nitrogens with zero attached hydrogens (tertiary/aromatic N) is 2. The number of hydrogen-bond acceptors (Lipinski definition) is 4. The lowest BCUT2D eigenvalue weighted by molar-refractivity contribution is 0.0594. The molecule has 0 amide bonds. The van der Waals surface area contributed by atoms with Crippen molar-refractivity contribution in [2.75, 3.05) is 7.11 Å². The van der Waals surface area contributed by atoms with E-state index in [1.54, 1.807) is 30.6 Å². The zero-order chi connectivity index (χ0) is 10.7. The van der Waals surface area contributed by atoms with E-state index in [0.29, 0.717) is 5.69 Å². The fourth-order valence-corrected chi connectivity index (χ4v) is 1.20. The van der Waals surface area contributed by atoms with Gasteiger partial charge in [0.2, 0.25) is 0 Å². The van der Waals surface area contributed by atoms with E-state index < -0.39 is 5.97 Å². The summed E-state index contributed by atoms with van der Waals surface area (Å²) in [5.41, 5.74) is 1.81.